The molecule has 1 N–H and O–H groups in total. The first-order valence-electron chi connectivity index (χ1n) is 5.86. The molecule has 0 atom stereocenters. The van der Waals surface area contributed by atoms with E-state index >= 15 is 0 Å². The van der Waals surface area contributed by atoms with Crippen LogP contribution in [0.1, 0.15) is 25.7 Å². The van der Waals surface area contributed by atoms with E-state index in [4.69, 9.17) is 11.6 Å². The Bertz CT molecular complexity index is 339. The van der Waals surface area contributed by atoms with E-state index in [1.807, 2.05) is 0 Å². The zero-order valence-electron chi connectivity index (χ0n) is 9.82. The average molecular weight is 283 g/mol. The van der Waals surface area contributed by atoms with Crippen LogP contribution >= 0.6 is 11.6 Å². The van der Waals surface area contributed by atoms with Crippen LogP contribution in [0, 0.1) is 0 Å². The standard InChI is InChI=1S/C10H19ClN2O3S/c11-5-4-8-17(15,16)12-9-10(14)13-6-2-1-3-7-13/h12H,1-9H2. The number of piperidine rings is 1. The third-order valence-corrected chi connectivity index (χ3v) is 4.38. The smallest absolute Gasteiger partial charge is 0.237 e. The summed E-state index contributed by atoms with van der Waals surface area (Å²) in [6, 6.07) is 0. The minimum atomic E-state index is -3.36. The topological polar surface area (TPSA) is 66.5 Å². The predicted octanol–water partition coefficient (Wildman–Crippen LogP) is 0.547. The van der Waals surface area contributed by atoms with Gasteiger partial charge in [-0.1, -0.05) is 0 Å². The summed E-state index contributed by atoms with van der Waals surface area (Å²) in [4.78, 5) is 13.4. The first-order chi connectivity index (χ1) is 8.05. The number of nitrogens with zero attached hydrogens (tertiary/aromatic N) is 1. The largest absolute Gasteiger partial charge is 0.342 e. The summed E-state index contributed by atoms with van der Waals surface area (Å²) in [5.74, 6) is 0.143. The van der Waals surface area contributed by atoms with Gasteiger partial charge in [-0.25, -0.2) is 13.1 Å². The number of likely N-dealkylation sites (tertiary alicyclic amines) is 1. The van der Waals surface area contributed by atoms with Crippen LogP contribution < -0.4 is 4.72 Å². The molecule has 1 aliphatic rings. The van der Waals surface area contributed by atoms with Crippen molar-refractivity contribution >= 4 is 27.5 Å². The Morgan fingerprint density at radius 1 is 1.24 bits per heavy atom. The number of halogens is 1. The molecule has 17 heavy (non-hydrogen) atoms. The average Bonchev–Trinajstić information content (AvgIpc) is 2.35. The summed E-state index contributed by atoms with van der Waals surface area (Å²) in [7, 11) is -3.36. The van der Waals surface area contributed by atoms with Crippen LogP contribution in [0.2, 0.25) is 0 Å². The number of carbonyl (C=O) groups excluding carboxylic acids is 1. The number of sulfonamides is 1. The fraction of sp³-hybridized carbons (Fsp3) is 0.900. The van der Waals surface area contributed by atoms with Gasteiger partial charge in [0.15, 0.2) is 0 Å². The summed E-state index contributed by atoms with van der Waals surface area (Å²) in [5, 5.41) is 0. The Hall–Kier alpha value is -0.330. The van der Waals surface area contributed by atoms with Crippen LogP contribution in [0.4, 0.5) is 0 Å². The zero-order chi connectivity index (χ0) is 12.7. The summed E-state index contributed by atoms with van der Waals surface area (Å²) < 4.78 is 25.2. The lowest BCUT2D eigenvalue weighted by molar-refractivity contribution is -0.130. The maximum Gasteiger partial charge on any atom is 0.237 e. The lowest BCUT2D eigenvalue weighted by atomic mass is 10.1. The Balaban J connectivity index is 2.31. The molecule has 0 bridgehead atoms. The van der Waals surface area contributed by atoms with E-state index in [1.54, 1.807) is 4.90 Å². The minimum absolute atomic E-state index is 0.0240. The Morgan fingerprint density at radius 3 is 2.47 bits per heavy atom. The highest BCUT2D eigenvalue weighted by atomic mass is 35.5. The van der Waals surface area contributed by atoms with E-state index in [2.05, 4.69) is 4.72 Å². The second kappa shape index (κ2) is 7.18. The van der Waals surface area contributed by atoms with Gasteiger partial charge in [0.1, 0.15) is 0 Å². The molecule has 0 aliphatic carbocycles. The molecule has 0 aromatic heterocycles. The quantitative estimate of drug-likeness (QED) is 0.724. The molecular formula is C10H19ClN2O3S. The van der Waals surface area contributed by atoms with Crippen molar-refractivity contribution in [1.82, 2.24) is 9.62 Å². The highest BCUT2D eigenvalue weighted by molar-refractivity contribution is 7.89. The highest BCUT2D eigenvalue weighted by Crippen LogP contribution is 2.08. The molecule has 1 heterocycles. The summed E-state index contributed by atoms with van der Waals surface area (Å²) in [5.41, 5.74) is 0. The first kappa shape index (κ1) is 14.7. The van der Waals surface area contributed by atoms with Gasteiger partial charge >= 0.3 is 0 Å². The SMILES string of the molecule is O=C(CNS(=O)(=O)CCCCl)N1CCCCC1. The molecule has 1 aliphatic heterocycles. The van der Waals surface area contributed by atoms with E-state index in [9.17, 15) is 13.2 Å². The molecule has 5 nitrogen and oxygen atoms in total. The molecule has 1 amide bonds. The van der Waals surface area contributed by atoms with Crippen LogP contribution in [-0.2, 0) is 14.8 Å². The second-order valence-corrected chi connectivity index (χ2v) is 6.43. The number of carbonyl (C=O) groups is 1. The van der Waals surface area contributed by atoms with Gasteiger partial charge in [-0.2, -0.15) is 0 Å². The van der Waals surface area contributed by atoms with Gasteiger partial charge in [0.25, 0.3) is 0 Å². The van der Waals surface area contributed by atoms with E-state index in [0.29, 0.717) is 12.3 Å². The van der Waals surface area contributed by atoms with Crippen LogP contribution in [0.25, 0.3) is 0 Å². The molecule has 0 aromatic rings. The molecule has 0 spiro atoms. The fourth-order valence-corrected chi connectivity index (χ4v) is 3.05. The van der Waals surface area contributed by atoms with E-state index in [0.717, 1.165) is 32.4 Å². The Labute approximate surface area is 108 Å². The monoisotopic (exact) mass is 282 g/mol. The second-order valence-electron chi connectivity index (χ2n) is 4.12. The fourth-order valence-electron chi connectivity index (χ4n) is 1.74. The predicted molar refractivity (Wildman–Crippen MR) is 67.6 cm³/mol. The molecule has 0 saturated carbocycles. The van der Waals surface area contributed by atoms with Crippen molar-refractivity contribution in [2.45, 2.75) is 25.7 Å². The van der Waals surface area contributed by atoms with Crippen LogP contribution in [0.3, 0.4) is 0 Å². The summed E-state index contributed by atoms with van der Waals surface area (Å²) in [6.45, 7) is 1.34. The number of rotatable bonds is 6. The van der Waals surface area contributed by atoms with Gasteiger partial charge in [0.05, 0.1) is 12.3 Å². The lowest BCUT2D eigenvalue weighted by Gasteiger charge is -2.26. The lowest BCUT2D eigenvalue weighted by Crippen LogP contribution is -2.43. The van der Waals surface area contributed by atoms with Crippen molar-refractivity contribution in [3.63, 3.8) is 0 Å². The van der Waals surface area contributed by atoms with Crippen molar-refractivity contribution in [1.29, 1.82) is 0 Å². The van der Waals surface area contributed by atoms with E-state index in [-0.39, 0.29) is 18.2 Å². The molecule has 0 radical (unpaired) electrons. The highest BCUT2D eigenvalue weighted by Gasteiger charge is 2.18. The molecule has 1 rings (SSSR count). The molecular weight excluding hydrogens is 264 g/mol. The van der Waals surface area contributed by atoms with Crippen LogP contribution in [-0.4, -0.2) is 50.5 Å². The molecule has 1 saturated heterocycles. The zero-order valence-corrected chi connectivity index (χ0v) is 11.4. The van der Waals surface area contributed by atoms with Gasteiger partial charge in [-0.05, 0) is 25.7 Å². The number of amides is 1. The number of alkyl halides is 1. The number of hydrogen-bond acceptors (Lipinski definition) is 3. The summed E-state index contributed by atoms with van der Waals surface area (Å²) >= 11 is 5.42. The third kappa shape index (κ3) is 5.70. The molecule has 7 heteroatoms. The first-order valence-corrected chi connectivity index (χ1v) is 8.05. The van der Waals surface area contributed by atoms with Crippen molar-refractivity contribution < 1.29 is 13.2 Å². The van der Waals surface area contributed by atoms with Crippen LogP contribution in [0.5, 0.6) is 0 Å². The van der Waals surface area contributed by atoms with Crippen molar-refractivity contribution in [3.8, 4) is 0 Å². The van der Waals surface area contributed by atoms with Gasteiger partial charge < -0.3 is 4.90 Å². The van der Waals surface area contributed by atoms with Crippen LogP contribution in [0.15, 0.2) is 0 Å². The van der Waals surface area contributed by atoms with Gasteiger partial charge in [-0.15, -0.1) is 11.6 Å². The van der Waals surface area contributed by atoms with Gasteiger partial charge in [0.2, 0.25) is 15.9 Å². The van der Waals surface area contributed by atoms with Crippen molar-refractivity contribution in [2.75, 3.05) is 31.3 Å². The Morgan fingerprint density at radius 2 is 1.88 bits per heavy atom. The minimum Gasteiger partial charge on any atom is -0.342 e. The molecule has 0 aromatic carbocycles. The molecule has 100 valence electrons. The maximum atomic E-state index is 11.7. The third-order valence-electron chi connectivity index (χ3n) is 2.70. The van der Waals surface area contributed by atoms with E-state index < -0.39 is 10.0 Å². The van der Waals surface area contributed by atoms with Crippen molar-refractivity contribution in [3.05, 3.63) is 0 Å². The molecule has 1 fully saturated rings. The number of hydrogen-bond donors (Lipinski definition) is 1. The molecule has 0 unspecified atom stereocenters. The van der Waals surface area contributed by atoms with Gasteiger partial charge in [0, 0.05) is 19.0 Å². The Kier molecular flexibility index (Phi) is 6.22. The number of nitrogens with one attached hydrogen (secondary N) is 1. The normalized spacial score (nSPS) is 17.1. The summed E-state index contributed by atoms with van der Waals surface area (Å²) in [6.07, 6.45) is 3.55. The van der Waals surface area contributed by atoms with Gasteiger partial charge in [-0.3, -0.25) is 4.79 Å². The maximum absolute atomic E-state index is 11.7. The van der Waals surface area contributed by atoms with Crippen molar-refractivity contribution in [2.24, 2.45) is 0 Å². The van der Waals surface area contributed by atoms with E-state index in [1.165, 1.54) is 0 Å².